The van der Waals surface area contributed by atoms with Crippen molar-refractivity contribution in [2.45, 2.75) is 19.9 Å². The van der Waals surface area contributed by atoms with E-state index in [1.165, 1.54) is 12.0 Å². The third kappa shape index (κ3) is 3.34. The molecule has 1 N–H and O–H groups in total. The van der Waals surface area contributed by atoms with Crippen molar-refractivity contribution in [3.8, 4) is 5.75 Å². The highest BCUT2D eigenvalue weighted by Gasteiger charge is 2.35. The van der Waals surface area contributed by atoms with Gasteiger partial charge in [-0.1, -0.05) is 15.9 Å². The Hall–Kier alpha value is -2.02. The second-order valence-corrected chi connectivity index (χ2v) is 5.90. The quantitative estimate of drug-likeness (QED) is 0.812. The molecule has 0 saturated heterocycles. The molecular formula is C16H19BrN2O4. The molecule has 1 atom stereocenters. The van der Waals surface area contributed by atoms with Gasteiger partial charge in [0.1, 0.15) is 5.75 Å². The molecule has 1 aliphatic heterocycles. The number of rotatable bonds is 4. The highest BCUT2D eigenvalue weighted by molar-refractivity contribution is 9.10. The van der Waals surface area contributed by atoms with E-state index in [0.29, 0.717) is 23.6 Å². The van der Waals surface area contributed by atoms with E-state index >= 15 is 0 Å². The summed E-state index contributed by atoms with van der Waals surface area (Å²) in [6.45, 7) is 4.14. The summed E-state index contributed by atoms with van der Waals surface area (Å²) in [5.41, 5.74) is 1.68. The van der Waals surface area contributed by atoms with Gasteiger partial charge in [-0.15, -0.1) is 0 Å². The maximum Gasteiger partial charge on any atom is 0.337 e. The van der Waals surface area contributed by atoms with Crippen LogP contribution in [0.5, 0.6) is 5.75 Å². The Labute approximate surface area is 143 Å². The summed E-state index contributed by atoms with van der Waals surface area (Å²) >= 11 is 3.48. The van der Waals surface area contributed by atoms with Crippen LogP contribution in [-0.4, -0.2) is 37.7 Å². The first-order valence-electron chi connectivity index (χ1n) is 7.16. The van der Waals surface area contributed by atoms with Gasteiger partial charge in [-0.05, 0) is 37.6 Å². The lowest BCUT2D eigenvalue weighted by Crippen LogP contribution is -2.46. The van der Waals surface area contributed by atoms with Crippen molar-refractivity contribution in [1.82, 2.24) is 10.2 Å². The topological polar surface area (TPSA) is 67.9 Å². The lowest BCUT2D eigenvalue weighted by Gasteiger charge is -2.33. The number of allylic oxidation sites excluding steroid dienone is 1. The molecule has 0 fully saturated rings. The van der Waals surface area contributed by atoms with Crippen LogP contribution in [-0.2, 0) is 9.53 Å². The van der Waals surface area contributed by atoms with Gasteiger partial charge >= 0.3 is 12.0 Å². The maximum absolute atomic E-state index is 12.2. The minimum atomic E-state index is -0.610. The normalized spacial score (nSPS) is 17.9. The minimum absolute atomic E-state index is 0.283. The van der Waals surface area contributed by atoms with E-state index in [4.69, 9.17) is 9.47 Å². The van der Waals surface area contributed by atoms with Gasteiger partial charge in [0.15, 0.2) is 0 Å². The van der Waals surface area contributed by atoms with Crippen molar-refractivity contribution in [3.63, 3.8) is 0 Å². The zero-order valence-electron chi connectivity index (χ0n) is 13.5. The van der Waals surface area contributed by atoms with Crippen LogP contribution in [0.1, 0.15) is 25.5 Å². The molecule has 2 amide bonds. The molecule has 1 aromatic carbocycles. The fraction of sp³-hybridized carbons (Fsp3) is 0.375. The zero-order chi connectivity index (χ0) is 17.1. The van der Waals surface area contributed by atoms with Crippen LogP contribution in [0.3, 0.4) is 0 Å². The average Bonchev–Trinajstić information content (AvgIpc) is 2.53. The van der Waals surface area contributed by atoms with E-state index in [1.54, 1.807) is 20.0 Å². The van der Waals surface area contributed by atoms with Crippen LogP contribution in [0.15, 0.2) is 33.9 Å². The molecule has 0 aliphatic carbocycles. The van der Waals surface area contributed by atoms with Crippen LogP contribution >= 0.6 is 15.9 Å². The summed E-state index contributed by atoms with van der Waals surface area (Å²) in [5.74, 6) is 0.189. The van der Waals surface area contributed by atoms with Crippen molar-refractivity contribution in [2.24, 2.45) is 0 Å². The standard InChI is InChI=1S/C16H19BrN2O4/c1-5-23-10-6-7-12(17)11(8-10)14-13(15(20)22-4)9(2)19(3)16(21)18-14/h6-8,14H,5H2,1-4H3,(H,18,21)/t14-/m0/s1. The minimum Gasteiger partial charge on any atom is -0.494 e. The third-order valence-corrected chi connectivity index (χ3v) is 4.47. The molecule has 7 heteroatoms. The molecule has 23 heavy (non-hydrogen) atoms. The highest BCUT2D eigenvalue weighted by Crippen LogP contribution is 2.36. The molecule has 1 aromatic rings. The van der Waals surface area contributed by atoms with Crippen LogP contribution in [0.2, 0.25) is 0 Å². The maximum atomic E-state index is 12.2. The van der Waals surface area contributed by atoms with E-state index in [1.807, 2.05) is 19.1 Å². The molecule has 0 aromatic heterocycles. The van der Waals surface area contributed by atoms with Crippen LogP contribution in [0, 0.1) is 0 Å². The van der Waals surface area contributed by atoms with E-state index in [0.717, 1.165) is 10.0 Å². The molecule has 124 valence electrons. The Balaban J connectivity index is 2.57. The van der Waals surface area contributed by atoms with Gasteiger partial charge in [0.25, 0.3) is 0 Å². The van der Waals surface area contributed by atoms with Crippen LogP contribution in [0.25, 0.3) is 0 Å². The number of ether oxygens (including phenoxy) is 2. The number of halogens is 1. The summed E-state index contributed by atoms with van der Waals surface area (Å²) in [4.78, 5) is 25.8. The summed E-state index contributed by atoms with van der Waals surface area (Å²) in [5, 5.41) is 2.83. The van der Waals surface area contributed by atoms with Crippen molar-refractivity contribution in [3.05, 3.63) is 39.5 Å². The first kappa shape index (κ1) is 17.3. The molecular weight excluding hydrogens is 364 g/mol. The number of amides is 2. The molecule has 0 bridgehead atoms. The van der Waals surface area contributed by atoms with Gasteiger partial charge in [0.05, 0.1) is 25.3 Å². The Morgan fingerprint density at radius 2 is 2.13 bits per heavy atom. The van der Waals surface area contributed by atoms with Gasteiger partial charge < -0.3 is 19.7 Å². The molecule has 1 aliphatic rings. The predicted molar refractivity (Wildman–Crippen MR) is 89.1 cm³/mol. The van der Waals surface area contributed by atoms with E-state index < -0.39 is 12.0 Å². The van der Waals surface area contributed by atoms with E-state index in [-0.39, 0.29) is 6.03 Å². The van der Waals surface area contributed by atoms with Crippen molar-refractivity contribution in [1.29, 1.82) is 0 Å². The largest absolute Gasteiger partial charge is 0.494 e. The number of methoxy groups -OCH3 is 1. The number of esters is 1. The monoisotopic (exact) mass is 382 g/mol. The molecule has 6 nitrogen and oxygen atoms in total. The molecule has 0 saturated carbocycles. The fourth-order valence-electron chi connectivity index (χ4n) is 2.44. The Morgan fingerprint density at radius 3 is 2.74 bits per heavy atom. The number of hydrogen-bond acceptors (Lipinski definition) is 4. The van der Waals surface area contributed by atoms with Crippen molar-refractivity contribution < 1.29 is 19.1 Å². The van der Waals surface area contributed by atoms with Crippen molar-refractivity contribution in [2.75, 3.05) is 20.8 Å². The zero-order valence-corrected chi connectivity index (χ0v) is 15.1. The lowest BCUT2D eigenvalue weighted by atomic mass is 9.95. The second-order valence-electron chi connectivity index (χ2n) is 5.05. The molecule has 0 radical (unpaired) electrons. The van der Waals surface area contributed by atoms with Gasteiger partial charge in [0.2, 0.25) is 0 Å². The fourth-order valence-corrected chi connectivity index (χ4v) is 2.92. The summed E-state index contributed by atoms with van der Waals surface area (Å²) in [6, 6.07) is 4.56. The molecule has 0 spiro atoms. The van der Waals surface area contributed by atoms with Gasteiger partial charge in [-0.25, -0.2) is 9.59 Å². The number of carbonyl (C=O) groups excluding carboxylic acids is 2. The number of urea groups is 1. The van der Waals surface area contributed by atoms with Gasteiger partial charge in [-0.3, -0.25) is 0 Å². The smallest absolute Gasteiger partial charge is 0.337 e. The third-order valence-electron chi connectivity index (χ3n) is 3.75. The summed E-state index contributed by atoms with van der Waals surface area (Å²) in [7, 11) is 2.93. The second kappa shape index (κ2) is 7.04. The van der Waals surface area contributed by atoms with Gasteiger partial charge in [-0.2, -0.15) is 0 Å². The van der Waals surface area contributed by atoms with Crippen LogP contribution in [0.4, 0.5) is 4.79 Å². The Morgan fingerprint density at radius 1 is 1.43 bits per heavy atom. The lowest BCUT2D eigenvalue weighted by molar-refractivity contribution is -0.136. The first-order valence-corrected chi connectivity index (χ1v) is 7.95. The van der Waals surface area contributed by atoms with Crippen molar-refractivity contribution >= 4 is 27.9 Å². The van der Waals surface area contributed by atoms with E-state index in [9.17, 15) is 9.59 Å². The number of nitrogens with zero attached hydrogens (tertiary/aromatic N) is 1. The predicted octanol–water partition coefficient (Wildman–Crippen LogP) is 2.99. The Bertz CT molecular complexity index is 672. The van der Waals surface area contributed by atoms with Crippen LogP contribution < -0.4 is 10.1 Å². The number of carbonyl (C=O) groups is 2. The number of benzene rings is 1. The van der Waals surface area contributed by atoms with E-state index in [2.05, 4.69) is 21.2 Å². The SMILES string of the molecule is CCOc1ccc(Br)c([C@@H]2NC(=O)N(C)C(C)=C2C(=O)OC)c1. The molecule has 1 heterocycles. The Kier molecular flexibility index (Phi) is 5.30. The number of hydrogen-bond donors (Lipinski definition) is 1. The van der Waals surface area contributed by atoms with Gasteiger partial charge in [0, 0.05) is 17.2 Å². The number of nitrogens with one attached hydrogen (secondary N) is 1. The summed E-state index contributed by atoms with van der Waals surface area (Å²) in [6.07, 6.45) is 0. The molecule has 0 unspecified atom stereocenters. The highest BCUT2D eigenvalue weighted by atomic mass is 79.9. The summed E-state index contributed by atoms with van der Waals surface area (Å²) < 4.78 is 11.2. The molecule has 2 rings (SSSR count). The first-order chi connectivity index (χ1) is 10.9. The average molecular weight is 383 g/mol.